The summed E-state index contributed by atoms with van der Waals surface area (Å²) in [6, 6.07) is 13.4. The standard InChI is InChI=1S/C21H21ClFN7/c1-29(2)11-10-25-21-26-18(13-6-8-14(22)9-7-13)17-19(24)30(28-20(17)27-21)16-5-3-4-15(23)12-16/h3-9,12H,10-11,24H2,1-2H3,(H,25,27,28). The van der Waals surface area contributed by atoms with Gasteiger partial charge in [0.05, 0.1) is 16.8 Å². The van der Waals surface area contributed by atoms with Crippen LogP contribution < -0.4 is 11.1 Å². The van der Waals surface area contributed by atoms with Crippen LogP contribution in [0.3, 0.4) is 0 Å². The van der Waals surface area contributed by atoms with E-state index in [4.69, 9.17) is 22.3 Å². The largest absolute Gasteiger partial charge is 0.383 e. The van der Waals surface area contributed by atoms with E-state index in [1.165, 1.54) is 16.8 Å². The highest BCUT2D eigenvalue weighted by atomic mass is 35.5. The molecule has 0 aliphatic carbocycles. The molecule has 30 heavy (non-hydrogen) atoms. The van der Waals surface area contributed by atoms with Crippen molar-refractivity contribution in [1.29, 1.82) is 0 Å². The fraction of sp³-hybridized carbons (Fsp3) is 0.190. The summed E-state index contributed by atoms with van der Waals surface area (Å²) in [5, 5.41) is 8.97. The molecule has 0 saturated heterocycles. The summed E-state index contributed by atoms with van der Waals surface area (Å²) in [7, 11) is 3.98. The number of nitrogens with two attached hydrogens (primary N) is 1. The summed E-state index contributed by atoms with van der Waals surface area (Å²) in [5.41, 5.74) is 8.81. The lowest BCUT2D eigenvalue weighted by atomic mass is 10.1. The Kier molecular flexibility index (Phi) is 5.52. The van der Waals surface area contributed by atoms with Crippen LogP contribution in [0, 0.1) is 5.82 Å². The van der Waals surface area contributed by atoms with Gasteiger partial charge in [0.15, 0.2) is 5.65 Å². The van der Waals surface area contributed by atoms with Gasteiger partial charge in [0, 0.05) is 23.7 Å². The Bertz CT molecular complexity index is 1190. The Morgan fingerprint density at radius 2 is 1.90 bits per heavy atom. The van der Waals surface area contributed by atoms with Crippen LogP contribution in [0.5, 0.6) is 0 Å². The molecule has 2 aromatic carbocycles. The van der Waals surface area contributed by atoms with E-state index >= 15 is 0 Å². The molecule has 0 spiro atoms. The van der Waals surface area contributed by atoms with Crippen LogP contribution in [-0.2, 0) is 0 Å². The summed E-state index contributed by atoms with van der Waals surface area (Å²) in [6.07, 6.45) is 0. The third-order valence-corrected chi connectivity index (χ3v) is 4.83. The maximum absolute atomic E-state index is 13.8. The van der Waals surface area contributed by atoms with Crippen LogP contribution in [0.15, 0.2) is 48.5 Å². The number of aromatic nitrogens is 4. The molecule has 2 aromatic heterocycles. The normalized spacial score (nSPS) is 11.4. The van der Waals surface area contributed by atoms with E-state index in [0.717, 1.165) is 12.1 Å². The van der Waals surface area contributed by atoms with Crippen molar-refractivity contribution in [2.45, 2.75) is 0 Å². The van der Waals surface area contributed by atoms with Gasteiger partial charge < -0.3 is 16.0 Å². The van der Waals surface area contributed by atoms with Gasteiger partial charge in [-0.3, -0.25) is 0 Å². The van der Waals surface area contributed by atoms with Gasteiger partial charge in [-0.2, -0.15) is 4.98 Å². The average molecular weight is 426 g/mol. The highest BCUT2D eigenvalue weighted by Gasteiger charge is 2.19. The predicted molar refractivity (Wildman–Crippen MR) is 119 cm³/mol. The summed E-state index contributed by atoms with van der Waals surface area (Å²) >= 11 is 6.05. The van der Waals surface area contributed by atoms with Crippen LogP contribution >= 0.6 is 11.6 Å². The van der Waals surface area contributed by atoms with E-state index in [0.29, 0.717) is 45.7 Å². The van der Waals surface area contributed by atoms with Gasteiger partial charge in [0.1, 0.15) is 11.6 Å². The van der Waals surface area contributed by atoms with Gasteiger partial charge in [0.2, 0.25) is 5.95 Å². The zero-order chi connectivity index (χ0) is 21.3. The number of nitrogens with zero attached hydrogens (tertiary/aromatic N) is 5. The number of anilines is 2. The van der Waals surface area contributed by atoms with Crippen LogP contribution in [-0.4, -0.2) is 51.8 Å². The van der Waals surface area contributed by atoms with Gasteiger partial charge >= 0.3 is 0 Å². The maximum atomic E-state index is 13.8. The third-order valence-electron chi connectivity index (χ3n) is 4.58. The summed E-state index contributed by atoms with van der Waals surface area (Å²) in [5.74, 6) is 0.403. The minimum atomic E-state index is -0.374. The second kappa shape index (κ2) is 8.25. The highest BCUT2D eigenvalue weighted by molar-refractivity contribution is 6.30. The Hall–Kier alpha value is -3.23. The average Bonchev–Trinajstić information content (AvgIpc) is 3.04. The first-order chi connectivity index (χ1) is 14.4. The Morgan fingerprint density at radius 1 is 1.13 bits per heavy atom. The number of fused-ring (bicyclic) bond motifs is 1. The molecule has 2 heterocycles. The van der Waals surface area contributed by atoms with Crippen molar-refractivity contribution < 1.29 is 4.39 Å². The van der Waals surface area contributed by atoms with E-state index in [1.807, 2.05) is 26.2 Å². The first kappa shape index (κ1) is 20.1. The molecule has 0 atom stereocenters. The Labute approximate surface area is 178 Å². The predicted octanol–water partition coefficient (Wildman–Crippen LogP) is 3.83. The fourth-order valence-electron chi connectivity index (χ4n) is 3.10. The van der Waals surface area contributed by atoms with Crippen molar-refractivity contribution in [3.63, 3.8) is 0 Å². The monoisotopic (exact) mass is 425 g/mol. The summed E-state index contributed by atoms with van der Waals surface area (Å²) in [6.45, 7) is 1.48. The molecular weight excluding hydrogens is 405 g/mol. The van der Waals surface area contributed by atoms with Crippen molar-refractivity contribution in [2.24, 2.45) is 0 Å². The van der Waals surface area contributed by atoms with Gasteiger partial charge in [0.25, 0.3) is 0 Å². The van der Waals surface area contributed by atoms with Gasteiger partial charge in [-0.25, -0.2) is 14.1 Å². The number of hydrogen-bond donors (Lipinski definition) is 2. The van der Waals surface area contributed by atoms with E-state index in [1.54, 1.807) is 24.3 Å². The minimum absolute atomic E-state index is 0.334. The van der Waals surface area contributed by atoms with E-state index < -0.39 is 0 Å². The first-order valence-corrected chi connectivity index (χ1v) is 9.77. The molecule has 0 radical (unpaired) electrons. The molecule has 0 unspecified atom stereocenters. The van der Waals surface area contributed by atoms with Gasteiger partial charge in [-0.1, -0.05) is 29.8 Å². The van der Waals surface area contributed by atoms with E-state index in [-0.39, 0.29) is 5.82 Å². The second-order valence-electron chi connectivity index (χ2n) is 7.11. The van der Waals surface area contributed by atoms with Crippen molar-refractivity contribution in [3.8, 4) is 16.9 Å². The molecule has 0 fully saturated rings. The number of nitrogen functional groups attached to an aromatic ring is 1. The molecule has 154 valence electrons. The molecule has 7 nitrogen and oxygen atoms in total. The number of hydrogen-bond acceptors (Lipinski definition) is 6. The number of benzene rings is 2. The van der Waals surface area contributed by atoms with Gasteiger partial charge in [-0.05, 0) is 44.4 Å². The summed E-state index contributed by atoms with van der Waals surface area (Å²) < 4.78 is 15.2. The lowest BCUT2D eigenvalue weighted by molar-refractivity contribution is 0.425. The van der Waals surface area contributed by atoms with Crippen molar-refractivity contribution in [1.82, 2.24) is 24.6 Å². The Morgan fingerprint density at radius 3 is 2.60 bits per heavy atom. The van der Waals surface area contributed by atoms with Gasteiger partial charge in [-0.15, -0.1) is 5.10 Å². The molecule has 0 aliphatic heterocycles. The molecule has 4 rings (SSSR count). The van der Waals surface area contributed by atoms with Crippen LogP contribution in [0.1, 0.15) is 0 Å². The van der Waals surface area contributed by atoms with Crippen LogP contribution in [0.4, 0.5) is 16.2 Å². The van der Waals surface area contributed by atoms with Crippen molar-refractivity contribution in [3.05, 3.63) is 59.4 Å². The molecule has 0 aliphatic rings. The zero-order valence-electron chi connectivity index (χ0n) is 16.6. The van der Waals surface area contributed by atoms with E-state index in [2.05, 4.69) is 20.3 Å². The highest BCUT2D eigenvalue weighted by Crippen LogP contribution is 2.33. The van der Waals surface area contributed by atoms with Crippen molar-refractivity contribution >= 4 is 34.4 Å². The zero-order valence-corrected chi connectivity index (χ0v) is 17.4. The molecule has 0 saturated carbocycles. The fourth-order valence-corrected chi connectivity index (χ4v) is 3.23. The lowest BCUT2D eigenvalue weighted by Gasteiger charge is -2.11. The number of rotatable bonds is 6. The number of halogens is 2. The number of nitrogens with one attached hydrogen (secondary N) is 1. The smallest absolute Gasteiger partial charge is 0.225 e. The molecule has 0 amide bonds. The third kappa shape index (κ3) is 4.05. The molecule has 9 heteroatoms. The molecule has 0 bridgehead atoms. The Balaban J connectivity index is 1.87. The quantitative estimate of drug-likeness (QED) is 0.488. The summed E-state index contributed by atoms with van der Waals surface area (Å²) in [4.78, 5) is 11.3. The minimum Gasteiger partial charge on any atom is -0.383 e. The molecule has 4 aromatic rings. The number of likely N-dealkylation sites (N-methyl/N-ethyl adjacent to an activating group) is 1. The SMILES string of the molecule is CN(C)CCNc1nc(-c2ccc(Cl)cc2)c2c(N)n(-c3cccc(F)c3)nc2n1. The van der Waals surface area contributed by atoms with Crippen LogP contribution in [0.25, 0.3) is 28.0 Å². The van der Waals surface area contributed by atoms with Crippen molar-refractivity contribution in [2.75, 3.05) is 38.2 Å². The molecule has 3 N–H and O–H groups in total. The van der Waals surface area contributed by atoms with Crippen LogP contribution in [0.2, 0.25) is 5.02 Å². The second-order valence-corrected chi connectivity index (χ2v) is 7.54. The topological polar surface area (TPSA) is 84.9 Å². The maximum Gasteiger partial charge on any atom is 0.225 e. The molecular formula is C21H21ClFN7. The lowest BCUT2D eigenvalue weighted by Crippen LogP contribution is -2.21. The van der Waals surface area contributed by atoms with E-state index in [9.17, 15) is 4.39 Å². The first-order valence-electron chi connectivity index (χ1n) is 9.39.